The minimum Gasteiger partial charge on any atom is -0.334 e. The molecule has 1 N–H and O–H groups in total. The number of nitrogens with zero attached hydrogens (tertiary/aromatic N) is 2. The Morgan fingerprint density at radius 1 is 1.12 bits per heavy atom. The van der Waals surface area contributed by atoms with E-state index in [1.165, 1.54) is 24.3 Å². The Morgan fingerprint density at radius 3 is 2.58 bits per heavy atom. The Kier molecular flexibility index (Phi) is 4.64. The summed E-state index contributed by atoms with van der Waals surface area (Å²) in [6.45, 7) is 0.307. The summed E-state index contributed by atoms with van der Waals surface area (Å²) in [5.41, 5.74) is 3.50. The molecule has 0 saturated carbocycles. The molecular weight excluding hydrogens is 329 g/mol. The Hall–Kier alpha value is -2.25. The number of aromatic nitrogens is 2. The van der Waals surface area contributed by atoms with Gasteiger partial charge in [0.15, 0.2) is 0 Å². The molecule has 3 aromatic rings. The van der Waals surface area contributed by atoms with Crippen molar-refractivity contribution in [3.8, 4) is 0 Å². The van der Waals surface area contributed by atoms with E-state index >= 15 is 0 Å². The second-order valence-electron chi connectivity index (χ2n) is 5.71. The average Bonchev–Trinajstić information content (AvgIpc) is 2.90. The number of fused-ring (bicyclic) bond motifs is 1. The van der Waals surface area contributed by atoms with Crippen LogP contribution in [0.15, 0.2) is 48.8 Å². The van der Waals surface area contributed by atoms with Gasteiger partial charge in [0.25, 0.3) is 0 Å². The molecule has 0 fully saturated rings. The molecule has 126 valence electrons. The van der Waals surface area contributed by atoms with Crippen LogP contribution in [0, 0.1) is 5.82 Å². The number of aryl methyl sites for hydroxylation is 1. The molecule has 0 radical (unpaired) electrons. The van der Waals surface area contributed by atoms with Gasteiger partial charge in [0, 0.05) is 13.6 Å². The third kappa shape index (κ3) is 3.98. The van der Waals surface area contributed by atoms with Gasteiger partial charge in [-0.3, -0.25) is 0 Å². The first-order chi connectivity index (χ1) is 11.4. The summed E-state index contributed by atoms with van der Waals surface area (Å²) >= 11 is 0. The number of hydrogen-bond acceptors (Lipinski definition) is 3. The maximum atomic E-state index is 12.9. The molecule has 0 saturated heterocycles. The van der Waals surface area contributed by atoms with E-state index in [0.29, 0.717) is 18.5 Å². The van der Waals surface area contributed by atoms with Crippen LogP contribution in [0.4, 0.5) is 4.39 Å². The smallest absolute Gasteiger partial charge is 0.215 e. The number of halogens is 1. The van der Waals surface area contributed by atoms with Crippen LogP contribution in [0.3, 0.4) is 0 Å². The van der Waals surface area contributed by atoms with Crippen LogP contribution in [0.2, 0.25) is 0 Å². The lowest BCUT2D eigenvalue weighted by Gasteiger charge is -2.07. The molecule has 0 aliphatic heterocycles. The normalized spacial score (nSPS) is 11.9. The molecule has 1 heterocycles. The molecule has 0 spiro atoms. The maximum absolute atomic E-state index is 12.9. The molecule has 2 aromatic carbocycles. The van der Waals surface area contributed by atoms with Gasteiger partial charge in [-0.1, -0.05) is 18.2 Å². The topological polar surface area (TPSA) is 64.0 Å². The largest absolute Gasteiger partial charge is 0.334 e. The first-order valence-corrected chi connectivity index (χ1v) is 9.20. The predicted molar refractivity (Wildman–Crippen MR) is 91.4 cm³/mol. The lowest BCUT2D eigenvalue weighted by Crippen LogP contribution is -2.27. The molecule has 0 aliphatic carbocycles. The number of imidazole rings is 1. The van der Waals surface area contributed by atoms with Gasteiger partial charge >= 0.3 is 0 Å². The van der Waals surface area contributed by atoms with Crippen LogP contribution in [-0.4, -0.2) is 24.5 Å². The fourth-order valence-electron chi connectivity index (χ4n) is 2.54. The fourth-order valence-corrected chi connectivity index (χ4v) is 3.69. The Labute approximate surface area is 140 Å². The van der Waals surface area contributed by atoms with Crippen LogP contribution in [0.1, 0.15) is 11.1 Å². The number of hydrogen-bond donors (Lipinski definition) is 1. The molecule has 0 amide bonds. The van der Waals surface area contributed by atoms with E-state index in [-0.39, 0.29) is 11.6 Å². The zero-order valence-electron chi connectivity index (χ0n) is 13.2. The second kappa shape index (κ2) is 6.70. The van der Waals surface area contributed by atoms with Gasteiger partial charge in [-0.25, -0.2) is 22.5 Å². The molecule has 0 bridgehead atoms. The van der Waals surface area contributed by atoms with Gasteiger partial charge < -0.3 is 4.57 Å². The SMILES string of the molecule is Cn1cnc2cc(CCNS(=O)(=O)Cc3ccc(F)cc3)ccc21. The van der Waals surface area contributed by atoms with Gasteiger partial charge in [0.2, 0.25) is 10.0 Å². The van der Waals surface area contributed by atoms with E-state index in [1.807, 2.05) is 29.8 Å². The molecular formula is C17H18FN3O2S. The van der Waals surface area contributed by atoms with Gasteiger partial charge in [-0.15, -0.1) is 0 Å². The van der Waals surface area contributed by atoms with Crippen molar-refractivity contribution >= 4 is 21.1 Å². The molecule has 24 heavy (non-hydrogen) atoms. The summed E-state index contributed by atoms with van der Waals surface area (Å²) in [4.78, 5) is 4.29. The van der Waals surface area contributed by atoms with Gasteiger partial charge in [-0.05, 0) is 41.8 Å². The molecule has 5 nitrogen and oxygen atoms in total. The first-order valence-electron chi connectivity index (χ1n) is 7.55. The molecule has 1 aromatic heterocycles. The second-order valence-corrected chi connectivity index (χ2v) is 7.52. The zero-order chi connectivity index (χ0) is 17.2. The van der Waals surface area contributed by atoms with Crippen LogP contribution < -0.4 is 4.72 Å². The fraction of sp³-hybridized carbons (Fsp3) is 0.235. The lowest BCUT2D eigenvalue weighted by atomic mass is 10.1. The third-order valence-corrected chi connectivity index (χ3v) is 5.15. The highest BCUT2D eigenvalue weighted by Crippen LogP contribution is 2.14. The Morgan fingerprint density at radius 2 is 1.83 bits per heavy atom. The summed E-state index contributed by atoms with van der Waals surface area (Å²) in [7, 11) is -1.52. The van der Waals surface area contributed by atoms with Crippen molar-refractivity contribution in [1.82, 2.24) is 14.3 Å². The van der Waals surface area contributed by atoms with Crippen molar-refractivity contribution in [1.29, 1.82) is 0 Å². The summed E-state index contributed by atoms with van der Waals surface area (Å²) in [6.07, 6.45) is 2.33. The van der Waals surface area contributed by atoms with Gasteiger partial charge in [-0.2, -0.15) is 0 Å². The van der Waals surface area contributed by atoms with Crippen LogP contribution >= 0.6 is 0 Å². The molecule has 7 heteroatoms. The van der Waals surface area contributed by atoms with Crippen LogP contribution in [0.5, 0.6) is 0 Å². The minimum atomic E-state index is -3.45. The van der Waals surface area contributed by atoms with Gasteiger partial charge in [0.1, 0.15) is 5.82 Å². The van der Waals surface area contributed by atoms with Crippen LogP contribution in [-0.2, 0) is 29.2 Å². The van der Waals surface area contributed by atoms with E-state index in [2.05, 4.69) is 9.71 Å². The first kappa shape index (κ1) is 16.6. The molecule has 0 atom stereocenters. The molecule has 0 aliphatic rings. The van der Waals surface area contributed by atoms with E-state index < -0.39 is 10.0 Å². The van der Waals surface area contributed by atoms with Crippen molar-refractivity contribution in [3.63, 3.8) is 0 Å². The third-order valence-electron chi connectivity index (χ3n) is 3.80. The van der Waals surface area contributed by atoms with Crippen molar-refractivity contribution in [2.24, 2.45) is 7.05 Å². The van der Waals surface area contributed by atoms with Gasteiger partial charge in [0.05, 0.1) is 23.1 Å². The number of sulfonamides is 1. The van der Waals surface area contributed by atoms with Crippen molar-refractivity contribution < 1.29 is 12.8 Å². The summed E-state index contributed by atoms with van der Waals surface area (Å²) in [5, 5.41) is 0. The average molecular weight is 347 g/mol. The number of nitrogens with one attached hydrogen (secondary N) is 1. The highest BCUT2D eigenvalue weighted by atomic mass is 32.2. The molecule has 0 unspecified atom stereocenters. The van der Waals surface area contributed by atoms with E-state index in [4.69, 9.17) is 0 Å². The van der Waals surface area contributed by atoms with E-state index in [1.54, 1.807) is 6.33 Å². The number of rotatable bonds is 6. The Balaban J connectivity index is 1.58. The van der Waals surface area contributed by atoms with E-state index in [0.717, 1.165) is 16.6 Å². The number of benzene rings is 2. The van der Waals surface area contributed by atoms with Crippen molar-refractivity contribution in [2.45, 2.75) is 12.2 Å². The summed E-state index contributed by atoms with van der Waals surface area (Å²) in [5.74, 6) is -0.541. The predicted octanol–water partition coefficient (Wildman–Crippen LogP) is 2.37. The lowest BCUT2D eigenvalue weighted by molar-refractivity contribution is 0.580. The zero-order valence-corrected chi connectivity index (χ0v) is 14.1. The van der Waals surface area contributed by atoms with E-state index in [9.17, 15) is 12.8 Å². The minimum absolute atomic E-state index is 0.160. The highest BCUT2D eigenvalue weighted by molar-refractivity contribution is 7.88. The summed E-state index contributed by atoms with van der Waals surface area (Å²) in [6, 6.07) is 11.4. The highest BCUT2D eigenvalue weighted by Gasteiger charge is 2.11. The van der Waals surface area contributed by atoms with Crippen molar-refractivity contribution in [3.05, 3.63) is 65.7 Å². The van der Waals surface area contributed by atoms with Crippen LogP contribution in [0.25, 0.3) is 11.0 Å². The quantitative estimate of drug-likeness (QED) is 0.745. The maximum Gasteiger partial charge on any atom is 0.215 e. The monoisotopic (exact) mass is 347 g/mol. The Bertz CT molecular complexity index is 950. The standard InChI is InChI=1S/C17H18FN3O2S/c1-21-12-19-16-10-13(4-7-17(16)21)8-9-20-24(22,23)11-14-2-5-15(18)6-3-14/h2-7,10,12,20H,8-9,11H2,1H3. The summed E-state index contributed by atoms with van der Waals surface area (Å²) < 4.78 is 41.5. The molecule has 3 rings (SSSR count). The van der Waals surface area contributed by atoms with Crippen molar-refractivity contribution in [2.75, 3.05) is 6.54 Å².